The predicted molar refractivity (Wildman–Crippen MR) is 120 cm³/mol. The molecule has 0 saturated carbocycles. The van der Waals surface area contributed by atoms with Gasteiger partial charge in [0, 0.05) is 5.02 Å². The quantitative estimate of drug-likeness (QED) is 0.408. The minimum absolute atomic E-state index is 0.210. The first-order chi connectivity index (χ1) is 15.0. The standard InChI is InChI=1S/C24H22ClN3O3/c1-16-23(17(2)28(27-16)14-18-6-4-3-5-7-18)26-24(29)22-13-12-21(31-22)15-30-20-10-8-19(25)9-11-20/h3-13H,14-15H2,1-2H3,(H,26,29). The van der Waals surface area contributed by atoms with Crippen molar-refractivity contribution in [2.45, 2.75) is 27.0 Å². The summed E-state index contributed by atoms with van der Waals surface area (Å²) in [6.45, 7) is 4.65. The Bertz CT molecular complexity index is 1180. The van der Waals surface area contributed by atoms with Crippen LogP contribution in [0.5, 0.6) is 5.75 Å². The van der Waals surface area contributed by atoms with Crippen LogP contribution in [0.2, 0.25) is 5.02 Å². The topological polar surface area (TPSA) is 69.3 Å². The molecule has 4 aromatic rings. The Morgan fingerprint density at radius 2 is 1.81 bits per heavy atom. The number of furan rings is 1. The minimum Gasteiger partial charge on any atom is -0.486 e. The molecule has 1 amide bonds. The Morgan fingerprint density at radius 3 is 2.55 bits per heavy atom. The summed E-state index contributed by atoms with van der Waals surface area (Å²) in [5.41, 5.74) is 3.46. The molecule has 158 valence electrons. The van der Waals surface area contributed by atoms with Gasteiger partial charge in [-0.25, -0.2) is 0 Å². The summed E-state index contributed by atoms with van der Waals surface area (Å²) in [5.74, 6) is 1.10. The van der Waals surface area contributed by atoms with Gasteiger partial charge in [-0.2, -0.15) is 5.10 Å². The van der Waals surface area contributed by atoms with Gasteiger partial charge in [0.05, 0.1) is 23.6 Å². The number of hydrogen-bond donors (Lipinski definition) is 1. The first-order valence-electron chi connectivity index (χ1n) is 9.86. The number of hydrogen-bond acceptors (Lipinski definition) is 4. The zero-order valence-electron chi connectivity index (χ0n) is 17.3. The Morgan fingerprint density at radius 1 is 1.06 bits per heavy atom. The fraction of sp³-hybridized carbons (Fsp3) is 0.167. The zero-order chi connectivity index (χ0) is 21.8. The van der Waals surface area contributed by atoms with E-state index in [1.54, 1.807) is 36.4 Å². The molecule has 0 radical (unpaired) electrons. The van der Waals surface area contributed by atoms with E-state index >= 15 is 0 Å². The minimum atomic E-state index is -0.330. The van der Waals surface area contributed by atoms with E-state index in [9.17, 15) is 4.79 Å². The largest absolute Gasteiger partial charge is 0.486 e. The molecule has 4 rings (SSSR count). The third kappa shape index (κ3) is 4.98. The Kier molecular flexibility index (Phi) is 6.09. The van der Waals surface area contributed by atoms with E-state index in [4.69, 9.17) is 20.8 Å². The van der Waals surface area contributed by atoms with Gasteiger partial charge in [-0.1, -0.05) is 41.9 Å². The Labute approximate surface area is 185 Å². The number of benzene rings is 2. The molecule has 2 heterocycles. The van der Waals surface area contributed by atoms with Crippen molar-refractivity contribution in [1.82, 2.24) is 9.78 Å². The SMILES string of the molecule is Cc1nn(Cc2ccccc2)c(C)c1NC(=O)c1ccc(COc2ccc(Cl)cc2)o1. The van der Waals surface area contributed by atoms with Gasteiger partial charge in [0.1, 0.15) is 18.1 Å². The molecule has 0 spiro atoms. The van der Waals surface area contributed by atoms with Crippen LogP contribution in [0, 0.1) is 13.8 Å². The maximum atomic E-state index is 12.7. The lowest BCUT2D eigenvalue weighted by molar-refractivity contribution is 0.0992. The van der Waals surface area contributed by atoms with Crippen molar-refractivity contribution in [2.75, 3.05) is 5.32 Å². The fourth-order valence-corrected chi connectivity index (χ4v) is 3.35. The van der Waals surface area contributed by atoms with E-state index in [0.717, 1.165) is 17.0 Å². The van der Waals surface area contributed by atoms with Crippen molar-refractivity contribution in [3.8, 4) is 5.75 Å². The van der Waals surface area contributed by atoms with Crippen LogP contribution >= 0.6 is 11.6 Å². The highest BCUT2D eigenvalue weighted by Gasteiger charge is 2.18. The lowest BCUT2D eigenvalue weighted by Crippen LogP contribution is -2.12. The van der Waals surface area contributed by atoms with Crippen LogP contribution in [-0.4, -0.2) is 15.7 Å². The Balaban J connectivity index is 1.41. The molecule has 0 aliphatic heterocycles. The molecular formula is C24H22ClN3O3. The first-order valence-corrected chi connectivity index (χ1v) is 10.2. The molecule has 1 N–H and O–H groups in total. The Hall–Kier alpha value is -3.51. The van der Waals surface area contributed by atoms with E-state index in [1.807, 2.05) is 48.9 Å². The van der Waals surface area contributed by atoms with Gasteiger partial charge in [0.15, 0.2) is 5.76 Å². The van der Waals surface area contributed by atoms with Crippen LogP contribution < -0.4 is 10.1 Å². The number of anilines is 1. The number of amides is 1. The number of aromatic nitrogens is 2. The first kappa shape index (κ1) is 20.8. The smallest absolute Gasteiger partial charge is 0.291 e. The molecule has 0 aliphatic carbocycles. The van der Waals surface area contributed by atoms with Crippen molar-refractivity contribution in [3.63, 3.8) is 0 Å². The summed E-state index contributed by atoms with van der Waals surface area (Å²) >= 11 is 5.87. The number of nitrogens with one attached hydrogen (secondary N) is 1. The lowest BCUT2D eigenvalue weighted by Gasteiger charge is -2.07. The second kappa shape index (κ2) is 9.10. The van der Waals surface area contributed by atoms with Gasteiger partial charge < -0.3 is 14.5 Å². The molecule has 0 atom stereocenters. The molecule has 31 heavy (non-hydrogen) atoms. The van der Waals surface area contributed by atoms with E-state index in [2.05, 4.69) is 10.4 Å². The van der Waals surface area contributed by atoms with E-state index in [-0.39, 0.29) is 18.3 Å². The predicted octanol–water partition coefficient (Wildman–Crippen LogP) is 5.63. The average Bonchev–Trinajstić information content (AvgIpc) is 3.35. The van der Waals surface area contributed by atoms with E-state index in [1.165, 1.54) is 0 Å². The van der Waals surface area contributed by atoms with E-state index < -0.39 is 0 Å². The van der Waals surface area contributed by atoms with Gasteiger partial charge in [0.2, 0.25) is 0 Å². The van der Waals surface area contributed by atoms with Crippen LogP contribution in [0.4, 0.5) is 5.69 Å². The fourth-order valence-electron chi connectivity index (χ4n) is 3.23. The summed E-state index contributed by atoms with van der Waals surface area (Å²) in [5, 5.41) is 8.13. The number of aryl methyl sites for hydroxylation is 1. The van der Waals surface area contributed by atoms with Crippen LogP contribution in [0.1, 0.15) is 33.3 Å². The third-order valence-corrected chi connectivity index (χ3v) is 5.13. The summed E-state index contributed by atoms with van der Waals surface area (Å²) in [6, 6.07) is 20.5. The molecule has 2 aromatic heterocycles. The molecule has 0 unspecified atom stereocenters. The van der Waals surface area contributed by atoms with Gasteiger partial charge in [-0.3, -0.25) is 9.48 Å². The maximum absolute atomic E-state index is 12.7. The molecule has 0 aliphatic rings. The third-order valence-electron chi connectivity index (χ3n) is 4.88. The molecule has 0 fully saturated rings. The van der Waals surface area contributed by atoms with Crippen LogP contribution in [0.15, 0.2) is 71.1 Å². The summed E-state index contributed by atoms with van der Waals surface area (Å²) in [4.78, 5) is 12.7. The highest BCUT2D eigenvalue weighted by atomic mass is 35.5. The van der Waals surface area contributed by atoms with Gasteiger partial charge >= 0.3 is 0 Å². The maximum Gasteiger partial charge on any atom is 0.291 e. The van der Waals surface area contributed by atoms with Crippen LogP contribution in [-0.2, 0) is 13.2 Å². The number of nitrogens with zero attached hydrogens (tertiary/aromatic N) is 2. The molecular weight excluding hydrogens is 414 g/mol. The number of ether oxygens (including phenoxy) is 1. The highest BCUT2D eigenvalue weighted by molar-refractivity contribution is 6.30. The normalized spacial score (nSPS) is 10.8. The molecule has 6 nitrogen and oxygen atoms in total. The van der Waals surface area contributed by atoms with Gasteiger partial charge in [0.25, 0.3) is 5.91 Å². The summed E-state index contributed by atoms with van der Waals surface area (Å²) < 4.78 is 13.2. The number of rotatable bonds is 7. The number of halogens is 1. The average molecular weight is 436 g/mol. The second-order valence-electron chi connectivity index (χ2n) is 7.15. The van der Waals surface area contributed by atoms with Crippen LogP contribution in [0.3, 0.4) is 0 Å². The molecule has 7 heteroatoms. The highest BCUT2D eigenvalue weighted by Crippen LogP contribution is 2.22. The molecule has 0 bridgehead atoms. The molecule has 0 saturated heterocycles. The lowest BCUT2D eigenvalue weighted by atomic mass is 10.2. The zero-order valence-corrected chi connectivity index (χ0v) is 18.0. The van der Waals surface area contributed by atoms with Crippen molar-refractivity contribution in [2.24, 2.45) is 0 Å². The van der Waals surface area contributed by atoms with Gasteiger partial charge in [-0.15, -0.1) is 0 Å². The summed E-state index contributed by atoms with van der Waals surface area (Å²) in [7, 11) is 0. The number of carbonyl (C=O) groups excluding carboxylic acids is 1. The van der Waals surface area contributed by atoms with Crippen LogP contribution in [0.25, 0.3) is 0 Å². The van der Waals surface area contributed by atoms with Crippen molar-refractivity contribution < 1.29 is 13.9 Å². The second-order valence-corrected chi connectivity index (χ2v) is 7.59. The summed E-state index contributed by atoms with van der Waals surface area (Å²) in [6.07, 6.45) is 0. The molecule has 2 aromatic carbocycles. The van der Waals surface area contributed by atoms with Crippen molar-refractivity contribution in [1.29, 1.82) is 0 Å². The van der Waals surface area contributed by atoms with Gasteiger partial charge in [-0.05, 0) is 55.8 Å². The number of carbonyl (C=O) groups is 1. The van der Waals surface area contributed by atoms with E-state index in [0.29, 0.717) is 28.8 Å². The van der Waals surface area contributed by atoms with Crippen molar-refractivity contribution >= 4 is 23.2 Å². The monoisotopic (exact) mass is 435 g/mol. The van der Waals surface area contributed by atoms with Crippen molar-refractivity contribution in [3.05, 3.63) is 100 Å².